The maximum absolute atomic E-state index is 13.7. The lowest BCUT2D eigenvalue weighted by molar-refractivity contribution is 0.191. The second kappa shape index (κ2) is 5.91. The summed E-state index contributed by atoms with van der Waals surface area (Å²) in [4.78, 5) is 15.6. The van der Waals surface area contributed by atoms with E-state index in [4.69, 9.17) is 0 Å². The first kappa shape index (κ1) is 13.6. The SMILES string of the molecule is CC(C)NC(=O)N1CCN(c2ccccc2F)CC1. The van der Waals surface area contributed by atoms with E-state index < -0.39 is 0 Å². The number of anilines is 1. The van der Waals surface area contributed by atoms with Gasteiger partial charge in [0.05, 0.1) is 5.69 Å². The lowest BCUT2D eigenvalue weighted by Crippen LogP contribution is -2.53. The van der Waals surface area contributed by atoms with E-state index in [1.54, 1.807) is 17.0 Å². The molecule has 5 heteroatoms. The predicted molar refractivity (Wildman–Crippen MR) is 73.9 cm³/mol. The first-order valence-corrected chi connectivity index (χ1v) is 6.63. The van der Waals surface area contributed by atoms with Gasteiger partial charge in [-0.05, 0) is 26.0 Å². The fraction of sp³-hybridized carbons (Fsp3) is 0.500. The van der Waals surface area contributed by atoms with Gasteiger partial charge in [0.1, 0.15) is 5.82 Å². The molecule has 0 radical (unpaired) electrons. The van der Waals surface area contributed by atoms with Crippen molar-refractivity contribution >= 4 is 11.7 Å². The first-order chi connectivity index (χ1) is 9.08. The van der Waals surface area contributed by atoms with Gasteiger partial charge in [-0.1, -0.05) is 12.1 Å². The lowest BCUT2D eigenvalue weighted by Gasteiger charge is -2.36. The van der Waals surface area contributed by atoms with Crippen molar-refractivity contribution in [2.45, 2.75) is 19.9 Å². The Labute approximate surface area is 113 Å². The minimum atomic E-state index is -0.206. The van der Waals surface area contributed by atoms with Gasteiger partial charge < -0.3 is 15.1 Å². The van der Waals surface area contributed by atoms with Crippen LogP contribution in [0.2, 0.25) is 0 Å². The molecule has 0 spiro atoms. The van der Waals surface area contributed by atoms with Crippen LogP contribution in [-0.4, -0.2) is 43.2 Å². The zero-order valence-electron chi connectivity index (χ0n) is 11.4. The van der Waals surface area contributed by atoms with Crippen molar-refractivity contribution in [2.24, 2.45) is 0 Å². The molecule has 0 unspecified atom stereocenters. The van der Waals surface area contributed by atoms with Crippen molar-refractivity contribution in [1.29, 1.82) is 0 Å². The quantitative estimate of drug-likeness (QED) is 0.888. The zero-order valence-corrected chi connectivity index (χ0v) is 11.4. The van der Waals surface area contributed by atoms with Crippen LogP contribution in [0.5, 0.6) is 0 Å². The summed E-state index contributed by atoms with van der Waals surface area (Å²) >= 11 is 0. The number of nitrogens with one attached hydrogen (secondary N) is 1. The summed E-state index contributed by atoms with van der Waals surface area (Å²) in [6, 6.07) is 6.86. The Morgan fingerprint density at radius 3 is 2.42 bits per heavy atom. The standard InChI is InChI=1S/C14H20FN3O/c1-11(2)16-14(19)18-9-7-17(8-10-18)13-6-4-3-5-12(13)15/h3-6,11H,7-10H2,1-2H3,(H,16,19). The lowest BCUT2D eigenvalue weighted by atomic mass is 10.2. The Hall–Kier alpha value is -1.78. The average molecular weight is 265 g/mol. The van der Waals surface area contributed by atoms with E-state index in [0.29, 0.717) is 31.9 Å². The molecule has 0 atom stereocenters. The number of nitrogens with zero attached hydrogens (tertiary/aromatic N) is 2. The normalized spacial score (nSPS) is 15.8. The van der Waals surface area contributed by atoms with Crippen molar-refractivity contribution < 1.29 is 9.18 Å². The third-order valence-electron chi connectivity index (χ3n) is 3.17. The highest BCUT2D eigenvalue weighted by Crippen LogP contribution is 2.20. The van der Waals surface area contributed by atoms with Gasteiger partial charge in [-0.15, -0.1) is 0 Å². The van der Waals surface area contributed by atoms with Crippen LogP contribution < -0.4 is 10.2 Å². The average Bonchev–Trinajstić information content (AvgIpc) is 2.39. The minimum absolute atomic E-state index is 0.0387. The molecule has 1 aliphatic heterocycles. The third-order valence-corrected chi connectivity index (χ3v) is 3.17. The highest BCUT2D eigenvalue weighted by Gasteiger charge is 2.22. The van der Waals surface area contributed by atoms with Crippen molar-refractivity contribution in [1.82, 2.24) is 10.2 Å². The number of carbonyl (C=O) groups excluding carboxylic acids is 1. The molecular weight excluding hydrogens is 245 g/mol. The molecule has 1 aromatic rings. The van der Waals surface area contributed by atoms with Crippen molar-refractivity contribution in [3.8, 4) is 0 Å². The van der Waals surface area contributed by atoms with Crippen LogP contribution >= 0.6 is 0 Å². The van der Waals surface area contributed by atoms with Crippen molar-refractivity contribution in [3.63, 3.8) is 0 Å². The molecule has 19 heavy (non-hydrogen) atoms. The van der Waals surface area contributed by atoms with Crippen LogP contribution in [0.25, 0.3) is 0 Å². The second-order valence-electron chi connectivity index (χ2n) is 5.03. The van der Waals surface area contributed by atoms with Gasteiger partial charge >= 0.3 is 6.03 Å². The smallest absolute Gasteiger partial charge is 0.317 e. The number of rotatable bonds is 2. The molecule has 1 aromatic carbocycles. The van der Waals surface area contributed by atoms with E-state index >= 15 is 0 Å². The summed E-state index contributed by atoms with van der Waals surface area (Å²) in [7, 11) is 0. The largest absolute Gasteiger partial charge is 0.366 e. The van der Waals surface area contributed by atoms with Gasteiger partial charge in [0.25, 0.3) is 0 Å². The molecule has 0 aliphatic carbocycles. The number of hydrogen-bond donors (Lipinski definition) is 1. The molecule has 1 heterocycles. The van der Waals surface area contributed by atoms with E-state index in [9.17, 15) is 9.18 Å². The summed E-state index contributed by atoms with van der Waals surface area (Å²) in [6.07, 6.45) is 0. The Kier molecular flexibility index (Phi) is 4.24. The molecule has 1 aliphatic rings. The molecule has 4 nitrogen and oxygen atoms in total. The topological polar surface area (TPSA) is 35.6 Å². The number of amides is 2. The van der Waals surface area contributed by atoms with Crippen LogP contribution in [0.4, 0.5) is 14.9 Å². The monoisotopic (exact) mass is 265 g/mol. The third kappa shape index (κ3) is 3.36. The van der Waals surface area contributed by atoms with Gasteiger partial charge in [-0.2, -0.15) is 0 Å². The fourth-order valence-electron chi connectivity index (χ4n) is 2.20. The molecule has 1 saturated heterocycles. The number of piperazine rings is 1. The number of benzene rings is 1. The fourth-order valence-corrected chi connectivity index (χ4v) is 2.20. The first-order valence-electron chi connectivity index (χ1n) is 6.63. The highest BCUT2D eigenvalue weighted by molar-refractivity contribution is 5.74. The Balaban J connectivity index is 1.93. The van der Waals surface area contributed by atoms with Gasteiger partial charge in [-0.3, -0.25) is 0 Å². The molecule has 0 saturated carbocycles. The summed E-state index contributed by atoms with van der Waals surface area (Å²) < 4.78 is 13.7. The molecule has 2 rings (SSSR count). The van der Waals surface area contributed by atoms with E-state index in [2.05, 4.69) is 5.32 Å². The zero-order chi connectivity index (χ0) is 13.8. The molecular formula is C14H20FN3O. The summed E-state index contributed by atoms with van der Waals surface area (Å²) in [5.41, 5.74) is 0.617. The van der Waals surface area contributed by atoms with Gasteiger partial charge in [-0.25, -0.2) is 9.18 Å². The predicted octanol–water partition coefficient (Wildman–Crippen LogP) is 2.07. The molecule has 104 valence electrons. The van der Waals surface area contributed by atoms with E-state index in [0.717, 1.165) is 0 Å². The number of carbonyl (C=O) groups is 1. The van der Waals surface area contributed by atoms with E-state index in [1.807, 2.05) is 24.8 Å². The molecule has 0 bridgehead atoms. The Bertz CT molecular complexity index is 442. The van der Waals surface area contributed by atoms with E-state index in [-0.39, 0.29) is 17.9 Å². The summed E-state index contributed by atoms with van der Waals surface area (Å²) in [5.74, 6) is -0.206. The van der Waals surface area contributed by atoms with Gasteiger partial charge in [0, 0.05) is 32.2 Å². The van der Waals surface area contributed by atoms with E-state index in [1.165, 1.54) is 6.07 Å². The van der Waals surface area contributed by atoms with Crippen LogP contribution in [-0.2, 0) is 0 Å². The molecule has 2 amide bonds. The second-order valence-corrected chi connectivity index (χ2v) is 5.03. The minimum Gasteiger partial charge on any atom is -0.366 e. The molecule has 1 N–H and O–H groups in total. The number of para-hydroxylation sites is 1. The van der Waals surface area contributed by atoms with Crippen LogP contribution in [0.3, 0.4) is 0 Å². The van der Waals surface area contributed by atoms with Crippen LogP contribution in [0.1, 0.15) is 13.8 Å². The number of hydrogen-bond acceptors (Lipinski definition) is 2. The number of urea groups is 1. The van der Waals surface area contributed by atoms with Crippen molar-refractivity contribution in [2.75, 3.05) is 31.1 Å². The summed E-state index contributed by atoms with van der Waals surface area (Å²) in [5, 5.41) is 2.87. The van der Waals surface area contributed by atoms with Gasteiger partial charge in [0.15, 0.2) is 0 Å². The summed E-state index contributed by atoms with van der Waals surface area (Å²) in [6.45, 7) is 6.43. The van der Waals surface area contributed by atoms with Gasteiger partial charge in [0.2, 0.25) is 0 Å². The molecule has 0 aromatic heterocycles. The Morgan fingerprint density at radius 2 is 1.84 bits per heavy atom. The molecule has 1 fully saturated rings. The number of halogens is 1. The highest BCUT2D eigenvalue weighted by atomic mass is 19.1. The van der Waals surface area contributed by atoms with Crippen molar-refractivity contribution in [3.05, 3.63) is 30.1 Å². The Morgan fingerprint density at radius 1 is 1.21 bits per heavy atom. The maximum Gasteiger partial charge on any atom is 0.317 e. The maximum atomic E-state index is 13.7. The van der Waals surface area contributed by atoms with Crippen LogP contribution in [0.15, 0.2) is 24.3 Å². The van der Waals surface area contributed by atoms with Crippen LogP contribution in [0, 0.1) is 5.82 Å².